The fraction of sp³-hybridized carbons (Fsp3) is 0.400. The first-order valence-corrected chi connectivity index (χ1v) is 9.77. The largest absolute Gasteiger partial charge is 0.432 e. The van der Waals surface area contributed by atoms with E-state index in [1.54, 1.807) is 0 Å². The first kappa shape index (κ1) is 21.9. The molecule has 7 nitrogen and oxygen atoms in total. The van der Waals surface area contributed by atoms with E-state index in [2.05, 4.69) is 19.8 Å². The lowest BCUT2D eigenvalue weighted by atomic mass is 9.84. The summed E-state index contributed by atoms with van der Waals surface area (Å²) >= 11 is 0. The summed E-state index contributed by atoms with van der Waals surface area (Å²) in [6.07, 6.45) is -1.04. The molecule has 0 aliphatic carbocycles. The molecule has 1 aliphatic heterocycles. The first-order chi connectivity index (χ1) is 15.2. The molecule has 4 rings (SSSR count). The number of rotatable bonds is 5. The molecule has 0 spiro atoms. The van der Waals surface area contributed by atoms with Crippen LogP contribution in [0.15, 0.2) is 30.6 Å². The third-order valence-corrected chi connectivity index (χ3v) is 5.54. The van der Waals surface area contributed by atoms with Gasteiger partial charge in [-0.1, -0.05) is 6.92 Å². The maximum atomic E-state index is 13.7. The fourth-order valence-corrected chi connectivity index (χ4v) is 3.87. The van der Waals surface area contributed by atoms with Gasteiger partial charge in [0.05, 0.1) is 5.69 Å². The minimum atomic E-state index is -3.24. The molecule has 0 N–H and O–H groups in total. The average molecular weight is 455 g/mol. The molecule has 170 valence electrons. The number of piperidine rings is 1. The van der Waals surface area contributed by atoms with Gasteiger partial charge in [0.25, 0.3) is 18.1 Å². The van der Waals surface area contributed by atoms with Crippen molar-refractivity contribution in [1.29, 1.82) is 0 Å². The molecule has 1 saturated heterocycles. The van der Waals surface area contributed by atoms with Crippen LogP contribution in [0.4, 0.5) is 22.0 Å². The van der Waals surface area contributed by atoms with E-state index in [-0.39, 0.29) is 29.7 Å². The number of benzene rings is 1. The zero-order valence-corrected chi connectivity index (χ0v) is 16.8. The van der Waals surface area contributed by atoms with Gasteiger partial charge in [-0.3, -0.25) is 4.79 Å². The highest BCUT2D eigenvalue weighted by Gasteiger charge is 2.33. The highest BCUT2D eigenvalue weighted by molar-refractivity contribution is 5.94. The van der Waals surface area contributed by atoms with Crippen LogP contribution >= 0.6 is 0 Å². The van der Waals surface area contributed by atoms with Crippen molar-refractivity contribution in [2.24, 2.45) is 5.92 Å². The number of carbonyl (C=O) groups is 1. The molecule has 1 aliphatic rings. The lowest BCUT2D eigenvalue weighted by Gasteiger charge is -2.37. The molecular weight excluding hydrogens is 437 g/mol. The van der Waals surface area contributed by atoms with Gasteiger partial charge < -0.3 is 9.64 Å². The summed E-state index contributed by atoms with van der Waals surface area (Å²) < 4.78 is 70.9. The SMILES string of the molecule is C[C@@H]1CCN(C(=O)c2ccc(F)c(OC(F)F)c2)C[C@H]1c1cc(C(F)F)nc2ncnn12. The molecule has 0 radical (unpaired) electrons. The highest BCUT2D eigenvalue weighted by atomic mass is 19.3. The summed E-state index contributed by atoms with van der Waals surface area (Å²) in [5.74, 6) is -2.58. The number of carbonyl (C=O) groups excluding carboxylic acids is 1. The number of alkyl halides is 4. The zero-order chi connectivity index (χ0) is 23.0. The van der Waals surface area contributed by atoms with E-state index in [0.29, 0.717) is 18.7 Å². The van der Waals surface area contributed by atoms with Crippen LogP contribution in [0.1, 0.15) is 47.4 Å². The molecule has 3 heterocycles. The fourth-order valence-electron chi connectivity index (χ4n) is 3.87. The molecule has 3 aromatic rings. The molecule has 2 atom stereocenters. The molecule has 32 heavy (non-hydrogen) atoms. The Labute approximate surface area is 178 Å². The molecule has 0 unspecified atom stereocenters. The number of aromatic nitrogens is 4. The Morgan fingerprint density at radius 2 is 2.00 bits per heavy atom. The number of likely N-dealkylation sites (tertiary alicyclic amines) is 1. The standard InChI is InChI=1S/C20H18F5N5O2/c1-10-4-5-29(18(31)11-2-3-13(21)16(6-11)32-19(24)25)8-12(10)15-7-14(17(22)23)28-20-26-9-27-30(15)20/h2-3,6-7,9-10,12,17,19H,4-5,8H2,1H3/t10-,12-/m1/s1. The number of halogens is 5. The topological polar surface area (TPSA) is 72.6 Å². The first-order valence-electron chi connectivity index (χ1n) is 9.77. The normalized spacial score (nSPS) is 19.2. The van der Waals surface area contributed by atoms with Gasteiger partial charge in [0, 0.05) is 24.6 Å². The molecular formula is C20H18F5N5O2. The molecule has 1 aromatic carbocycles. The van der Waals surface area contributed by atoms with Crippen LogP contribution in [0, 0.1) is 11.7 Å². The van der Waals surface area contributed by atoms with Crippen molar-refractivity contribution in [1.82, 2.24) is 24.5 Å². The van der Waals surface area contributed by atoms with Crippen LogP contribution in [-0.2, 0) is 0 Å². The summed E-state index contributed by atoms with van der Waals surface area (Å²) in [6, 6.07) is 4.24. The molecule has 1 amide bonds. The number of hydrogen-bond donors (Lipinski definition) is 0. The van der Waals surface area contributed by atoms with Gasteiger partial charge in [-0.25, -0.2) is 22.7 Å². The van der Waals surface area contributed by atoms with E-state index >= 15 is 0 Å². The highest BCUT2D eigenvalue weighted by Crippen LogP contribution is 2.34. The van der Waals surface area contributed by atoms with Gasteiger partial charge in [0.1, 0.15) is 12.0 Å². The predicted octanol–water partition coefficient (Wildman–Crippen LogP) is 4.07. The van der Waals surface area contributed by atoms with Crippen molar-refractivity contribution in [3.05, 3.63) is 53.4 Å². The Hall–Kier alpha value is -3.31. The monoisotopic (exact) mass is 455 g/mol. The summed E-state index contributed by atoms with van der Waals surface area (Å²) in [7, 11) is 0. The van der Waals surface area contributed by atoms with E-state index in [4.69, 9.17) is 0 Å². The smallest absolute Gasteiger partial charge is 0.387 e. The van der Waals surface area contributed by atoms with Crippen molar-refractivity contribution in [3.63, 3.8) is 0 Å². The van der Waals surface area contributed by atoms with Crippen molar-refractivity contribution in [3.8, 4) is 5.75 Å². The van der Waals surface area contributed by atoms with Crippen molar-refractivity contribution < 1.29 is 31.5 Å². The second-order valence-corrected chi connectivity index (χ2v) is 7.53. The van der Waals surface area contributed by atoms with Gasteiger partial charge >= 0.3 is 6.61 Å². The lowest BCUT2D eigenvalue weighted by Crippen LogP contribution is -2.42. The van der Waals surface area contributed by atoms with Crippen LogP contribution < -0.4 is 4.74 Å². The number of hydrogen-bond acceptors (Lipinski definition) is 5. The Morgan fingerprint density at radius 1 is 1.22 bits per heavy atom. The van der Waals surface area contributed by atoms with Gasteiger partial charge in [-0.15, -0.1) is 0 Å². The Bertz CT molecular complexity index is 1140. The molecule has 0 saturated carbocycles. The Morgan fingerprint density at radius 3 is 2.72 bits per heavy atom. The second-order valence-electron chi connectivity index (χ2n) is 7.53. The molecule has 0 bridgehead atoms. The van der Waals surface area contributed by atoms with Crippen LogP contribution in [-0.4, -0.2) is 50.1 Å². The summed E-state index contributed by atoms with van der Waals surface area (Å²) in [4.78, 5) is 22.2. The number of fused-ring (bicyclic) bond motifs is 1. The van der Waals surface area contributed by atoms with E-state index < -0.39 is 36.2 Å². The van der Waals surface area contributed by atoms with Crippen LogP contribution in [0.25, 0.3) is 5.78 Å². The minimum Gasteiger partial charge on any atom is -0.432 e. The van der Waals surface area contributed by atoms with Crippen molar-refractivity contribution in [2.75, 3.05) is 13.1 Å². The van der Waals surface area contributed by atoms with Crippen LogP contribution in [0.2, 0.25) is 0 Å². The maximum Gasteiger partial charge on any atom is 0.387 e. The third kappa shape index (κ3) is 4.21. The van der Waals surface area contributed by atoms with Crippen LogP contribution in [0.3, 0.4) is 0 Å². The Kier molecular flexibility index (Phi) is 5.94. The summed E-state index contributed by atoms with van der Waals surface area (Å²) in [5.41, 5.74) is -0.0265. The van der Waals surface area contributed by atoms with Gasteiger partial charge in [0.15, 0.2) is 11.6 Å². The second kappa shape index (κ2) is 8.67. The third-order valence-electron chi connectivity index (χ3n) is 5.54. The molecule has 12 heteroatoms. The zero-order valence-electron chi connectivity index (χ0n) is 16.8. The Balaban J connectivity index is 1.64. The van der Waals surface area contributed by atoms with Crippen LogP contribution in [0.5, 0.6) is 5.75 Å². The average Bonchev–Trinajstić information content (AvgIpc) is 3.23. The number of ether oxygens (including phenoxy) is 1. The van der Waals surface area contributed by atoms with E-state index in [1.807, 2.05) is 6.92 Å². The number of nitrogens with zero attached hydrogens (tertiary/aromatic N) is 5. The predicted molar refractivity (Wildman–Crippen MR) is 101 cm³/mol. The summed E-state index contributed by atoms with van der Waals surface area (Å²) in [6.45, 7) is -0.795. The van der Waals surface area contributed by atoms with E-state index in [1.165, 1.54) is 27.9 Å². The molecule has 1 fully saturated rings. The van der Waals surface area contributed by atoms with Gasteiger partial charge in [0.2, 0.25) is 0 Å². The lowest BCUT2D eigenvalue weighted by molar-refractivity contribution is -0.0522. The molecule has 2 aromatic heterocycles. The van der Waals surface area contributed by atoms with Crippen molar-refractivity contribution in [2.45, 2.75) is 32.3 Å². The number of amides is 1. The van der Waals surface area contributed by atoms with E-state index in [9.17, 15) is 26.7 Å². The minimum absolute atomic E-state index is 0.0188. The summed E-state index contributed by atoms with van der Waals surface area (Å²) in [5, 5.41) is 4.07. The van der Waals surface area contributed by atoms with E-state index in [0.717, 1.165) is 12.1 Å². The van der Waals surface area contributed by atoms with Crippen molar-refractivity contribution >= 4 is 11.7 Å². The van der Waals surface area contributed by atoms with Gasteiger partial charge in [-0.2, -0.15) is 18.9 Å². The maximum absolute atomic E-state index is 13.7. The quantitative estimate of drug-likeness (QED) is 0.543. The van der Waals surface area contributed by atoms with Gasteiger partial charge in [-0.05, 0) is 36.6 Å².